The van der Waals surface area contributed by atoms with Gasteiger partial charge in [-0.1, -0.05) is 5.21 Å². The molecular weight excluding hydrogens is 234 g/mol. The SMILES string of the molecule is Cc1cc(NCc2cnnn2C)ccc1[N+](=O)[O-]. The molecule has 1 aromatic heterocycles. The molecule has 0 fully saturated rings. The van der Waals surface area contributed by atoms with Crippen LogP contribution in [0.1, 0.15) is 11.3 Å². The van der Waals surface area contributed by atoms with Crippen molar-refractivity contribution in [1.29, 1.82) is 0 Å². The minimum absolute atomic E-state index is 0.128. The van der Waals surface area contributed by atoms with Crippen LogP contribution in [0.2, 0.25) is 0 Å². The number of nitrogens with one attached hydrogen (secondary N) is 1. The highest BCUT2D eigenvalue weighted by Crippen LogP contribution is 2.21. The van der Waals surface area contributed by atoms with Crippen molar-refractivity contribution in [3.05, 3.63) is 45.8 Å². The zero-order valence-corrected chi connectivity index (χ0v) is 10.1. The lowest BCUT2D eigenvalue weighted by molar-refractivity contribution is -0.385. The van der Waals surface area contributed by atoms with Crippen molar-refractivity contribution in [2.75, 3.05) is 5.32 Å². The molecule has 7 heteroatoms. The van der Waals surface area contributed by atoms with Crippen LogP contribution in [-0.2, 0) is 13.6 Å². The summed E-state index contributed by atoms with van der Waals surface area (Å²) >= 11 is 0. The average molecular weight is 247 g/mol. The predicted octanol–water partition coefficient (Wildman–Crippen LogP) is 1.64. The van der Waals surface area contributed by atoms with Gasteiger partial charge in [-0.2, -0.15) is 0 Å². The van der Waals surface area contributed by atoms with E-state index in [1.165, 1.54) is 6.07 Å². The predicted molar refractivity (Wildman–Crippen MR) is 66.2 cm³/mol. The number of rotatable bonds is 4. The fourth-order valence-electron chi connectivity index (χ4n) is 1.63. The monoisotopic (exact) mass is 247 g/mol. The van der Waals surface area contributed by atoms with Gasteiger partial charge >= 0.3 is 0 Å². The first kappa shape index (κ1) is 12.0. The van der Waals surface area contributed by atoms with Crippen molar-refractivity contribution in [3.63, 3.8) is 0 Å². The molecule has 0 atom stereocenters. The van der Waals surface area contributed by atoms with Gasteiger partial charge in [0.15, 0.2) is 0 Å². The molecule has 2 rings (SSSR count). The van der Waals surface area contributed by atoms with E-state index in [-0.39, 0.29) is 10.6 Å². The highest BCUT2D eigenvalue weighted by molar-refractivity contribution is 5.53. The maximum atomic E-state index is 10.7. The van der Waals surface area contributed by atoms with Gasteiger partial charge in [0.2, 0.25) is 0 Å². The third-order valence-electron chi connectivity index (χ3n) is 2.68. The number of nitro benzene ring substituents is 1. The Balaban J connectivity index is 2.09. The summed E-state index contributed by atoms with van der Waals surface area (Å²) in [6.07, 6.45) is 1.67. The Hall–Kier alpha value is -2.44. The van der Waals surface area contributed by atoms with Crippen LogP contribution < -0.4 is 5.32 Å². The normalized spacial score (nSPS) is 10.3. The molecule has 0 saturated carbocycles. The minimum atomic E-state index is -0.385. The Morgan fingerprint density at radius 3 is 2.83 bits per heavy atom. The highest BCUT2D eigenvalue weighted by atomic mass is 16.6. The Morgan fingerprint density at radius 1 is 1.50 bits per heavy atom. The lowest BCUT2D eigenvalue weighted by Gasteiger charge is -2.07. The van der Waals surface area contributed by atoms with Crippen LogP contribution in [-0.4, -0.2) is 19.9 Å². The molecule has 0 radical (unpaired) electrons. The lowest BCUT2D eigenvalue weighted by atomic mass is 10.2. The molecule has 1 N–H and O–H groups in total. The third kappa shape index (κ3) is 2.45. The second-order valence-corrected chi connectivity index (χ2v) is 3.96. The van der Waals surface area contributed by atoms with Crippen LogP contribution in [0.15, 0.2) is 24.4 Å². The van der Waals surface area contributed by atoms with Crippen LogP contribution in [0.25, 0.3) is 0 Å². The van der Waals surface area contributed by atoms with Gasteiger partial charge < -0.3 is 5.32 Å². The topological polar surface area (TPSA) is 85.9 Å². The zero-order valence-electron chi connectivity index (χ0n) is 10.1. The van der Waals surface area contributed by atoms with Crippen LogP contribution in [0.4, 0.5) is 11.4 Å². The van der Waals surface area contributed by atoms with Crippen molar-refractivity contribution < 1.29 is 4.92 Å². The van der Waals surface area contributed by atoms with E-state index in [0.717, 1.165) is 11.4 Å². The fourth-order valence-corrected chi connectivity index (χ4v) is 1.63. The van der Waals surface area contributed by atoms with E-state index in [4.69, 9.17) is 0 Å². The van der Waals surface area contributed by atoms with E-state index in [0.29, 0.717) is 12.1 Å². The second-order valence-electron chi connectivity index (χ2n) is 3.96. The van der Waals surface area contributed by atoms with E-state index < -0.39 is 0 Å². The molecule has 0 spiro atoms. The number of aromatic nitrogens is 3. The summed E-state index contributed by atoms with van der Waals surface area (Å²) in [5, 5.41) is 21.5. The lowest BCUT2D eigenvalue weighted by Crippen LogP contribution is -2.05. The van der Waals surface area contributed by atoms with Gasteiger partial charge in [-0.3, -0.25) is 14.8 Å². The molecule has 1 aromatic carbocycles. The van der Waals surface area contributed by atoms with Gasteiger partial charge in [0, 0.05) is 24.4 Å². The van der Waals surface area contributed by atoms with Gasteiger partial charge in [-0.25, -0.2) is 0 Å². The van der Waals surface area contributed by atoms with Crippen molar-refractivity contribution in [2.45, 2.75) is 13.5 Å². The number of hydrogen-bond donors (Lipinski definition) is 1. The van der Waals surface area contributed by atoms with Crippen molar-refractivity contribution in [2.24, 2.45) is 7.05 Å². The largest absolute Gasteiger partial charge is 0.379 e. The summed E-state index contributed by atoms with van der Waals surface area (Å²) in [5.41, 5.74) is 2.53. The number of nitro groups is 1. The molecule has 0 unspecified atom stereocenters. The molecule has 0 bridgehead atoms. The van der Waals surface area contributed by atoms with Crippen LogP contribution in [0.5, 0.6) is 0 Å². The molecule has 18 heavy (non-hydrogen) atoms. The average Bonchev–Trinajstić information content (AvgIpc) is 2.72. The minimum Gasteiger partial charge on any atom is -0.379 e. The van der Waals surface area contributed by atoms with Gasteiger partial charge in [-0.05, 0) is 19.1 Å². The number of aryl methyl sites for hydroxylation is 2. The van der Waals surface area contributed by atoms with Gasteiger partial charge in [0.25, 0.3) is 5.69 Å². The zero-order chi connectivity index (χ0) is 13.1. The summed E-state index contributed by atoms with van der Waals surface area (Å²) in [5.74, 6) is 0. The Morgan fingerprint density at radius 2 is 2.28 bits per heavy atom. The van der Waals surface area contributed by atoms with Gasteiger partial charge in [0.05, 0.1) is 23.4 Å². The summed E-state index contributed by atoms with van der Waals surface area (Å²) in [4.78, 5) is 10.3. The Labute approximate surface area is 104 Å². The molecule has 0 aliphatic heterocycles. The van der Waals surface area contributed by atoms with E-state index in [9.17, 15) is 10.1 Å². The molecule has 1 heterocycles. The fraction of sp³-hybridized carbons (Fsp3) is 0.273. The molecule has 2 aromatic rings. The molecule has 0 aliphatic rings. The van der Waals surface area contributed by atoms with E-state index in [2.05, 4.69) is 15.6 Å². The summed E-state index contributed by atoms with van der Waals surface area (Å²) in [6, 6.07) is 4.94. The maximum Gasteiger partial charge on any atom is 0.272 e. The standard InChI is InChI=1S/C11H13N5O2/c1-8-5-9(3-4-11(8)16(17)18)12-6-10-7-13-14-15(10)2/h3-5,7,12H,6H2,1-2H3. The van der Waals surface area contributed by atoms with E-state index >= 15 is 0 Å². The van der Waals surface area contributed by atoms with Crippen LogP contribution in [0.3, 0.4) is 0 Å². The molecule has 0 amide bonds. The molecule has 94 valence electrons. The smallest absolute Gasteiger partial charge is 0.272 e. The van der Waals surface area contributed by atoms with Crippen molar-refractivity contribution in [1.82, 2.24) is 15.0 Å². The molecule has 0 saturated heterocycles. The van der Waals surface area contributed by atoms with E-state index in [1.807, 2.05) is 7.05 Å². The third-order valence-corrected chi connectivity index (χ3v) is 2.68. The van der Waals surface area contributed by atoms with Gasteiger partial charge in [-0.15, -0.1) is 5.10 Å². The van der Waals surface area contributed by atoms with Crippen LogP contribution >= 0.6 is 0 Å². The number of nitrogens with zero attached hydrogens (tertiary/aromatic N) is 4. The van der Waals surface area contributed by atoms with Crippen molar-refractivity contribution in [3.8, 4) is 0 Å². The molecular formula is C11H13N5O2. The number of hydrogen-bond acceptors (Lipinski definition) is 5. The number of benzene rings is 1. The number of anilines is 1. The summed E-state index contributed by atoms with van der Waals surface area (Å²) in [6.45, 7) is 2.29. The Kier molecular flexibility index (Phi) is 3.22. The maximum absolute atomic E-state index is 10.7. The van der Waals surface area contributed by atoms with E-state index in [1.54, 1.807) is 29.9 Å². The van der Waals surface area contributed by atoms with Gasteiger partial charge in [0.1, 0.15) is 0 Å². The highest BCUT2D eigenvalue weighted by Gasteiger charge is 2.10. The first-order valence-electron chi connectivity index (χ1n) is 5.40. The van der Waals surface area contributed by atoms with Crippen LogP contribution in [0, 0.1) is 17.0 Å². The quantitative estimate of drug-likeness (QED) is 0.655. The first-order valence-corrected chi connectivity index (χ1v) is 5.40. The molecule has 0 aliphatic carbocycles. The summed E-state index contributed by atoms with van der Waals surface area (Å²) in [7, 11) is 1.81. The molecule has 7 nitrogen and oxygen atoms in total. The Bertz CT molecular complexity index is 579. The second kappa shape index (κ2) is 4.82. The first-order chi connectivity index (χ1) is 8.58. The van der Waals surface area contributed by atoms with Crippen molar-refractivity contribution >= 4 is 11.4 Å². The summed E-state index contributed by atoms with van der Waals surface area (Å²) < 4.78 is 1.67.